The van der Waals surface area contributed by atoms with Gasteiger partial charge >= 0.3 is 6.03 Å². The van der Waals surface area contributed by atoms with Crippen LogP contribution in [0.25, 0.3) is 16.8 Å². The Balaban J connectivity index is 1.19. The van der Waals surface area contributed by atoms with Crippen LogP contribution in [0.4, 0.5) is 14.9 Å². The zero-order valence-corrected chi connectivity index (χ0v) is 20.8. The molecule has 2 aromatic heterocycles. The lowest BCUT2D eigenvalue weighted by Crippen LogP contribution is -2.35. The molecule has 7 heteroatoms. The lowest BCUT2D eigenvalue weighted by Gasteiger charge is -2.24. The van der Waals surface area contributed by atoms with Crippen LogP contribution in [0.5, 0.6) is 5.75 Å². The van der Waals surface area contributed by atoms with Crippen molar-refractivity contribution < 1.29 is 13.9 Å². The molecule has 6 rings (SSSR count). The molecule has 2 amide bonds. The lowest BCUT2D eigenvalue weighted by molar-refractivity contribution is 0.205. The summed E-state index contributed by atoms with van der Waals surface area (Å²) in [5, 5.41) is 3.03. The quantitative estimate of drug-likeness (QED) is 0.268. The van der Waals surface area contributed by atoms with Crippen molar-refractivity contribution in [3.8, 4) is 17.0 Å². The minimum absolute atomic E-state index is 0.165. The number of aromatic nitrogens is 2. The molecule has 3 aromatic carbocycles. The van der Waals surface area contributed by atoms with Crippen molar-refractivity contribution in [2.45, 2.75) is 25.5 Å². The maximum Gasteiger partial charge on any atom is 0.322 e. The average Bonchev–Trinajstić information content (AvgIpc) is 3.59. The largest absolute Gasteiger partial charge is 0.489 e. The Morgan fingerprint density at radius 1 is 0.947 bits per heavy atom. The maximum atomic E-state index is 13.5. The van der Waals surface area contributed by atoms with Crippen LogP contribution in [-0.2, 0) is 6.61 Å². The first-order chi connectivity index (χ1) is 18.7. The highest BCUT2D eigenvalue weighted by atomic mass is 19.1. The fourth-order valence-corrected chi connectivity index (χ4v) is 4.97. The molecule has 0 aliphatic carbocycles. The molecule has 3 heterocycles. The summed E-state index contributed by atoms with van der Waals surface area (Å²) in [6.45, 7) is 1.13. The van der Waals surface area contributed by atoms with E-state index < -0.39 is 0 Å². The second kappa shape index (κ2) is 10.4. The molecule has 1 saturated heterocycles. The van der Waals surface area contributed by atoms with Crippen molar-refractivity contribution in [1.29, 1.82) is 0 Å². The van der Waals surface area contributed by atoms with Crippen LogP contribution < -0.4 is 10.1 Å². The lowest BCUT2D eigenvalue weighted by atomic mass is 10.1. The molecular formula is C31H27FN4O2. The standard InChI is InChI=1S/C31H27FN4O2/c32-24-13-11-23(12-14-24)29-27-9-4-5-19-35(27)30(34-29)28-10-6-20-36(28)31(37)33-25-15-17-26(18-16-25)38-21-22-7-2-1-3-8-22/h1-5,7-9,11-19,28H,6,10,20-21H2,(H,33,37). The summed E-state index contributed by atoms with van der Waals surface area (Å²) in [4.78, 5) is 20.2. The highest BCUT2D eigenvalue weighted by Gasteiger charge is 2.33. The van der Waals surface area contributed by atoms with Crippen molar-refractivity contribution in [2.75, 3.05) is 11.9 Å². The number of halogens is 1. The van der Waals surface area contributed by atoms with Crippen molar-refractivity contribution >= 4 is 17.2 Å². The SMILES string of the molecule is O=C(Nc1ccc(OCc2ccccc2)cc1)N1CCCC1c1nc(-c2ccc(F)cc2)c2ccccn12. The number of imidazole rings is 1. The molecule has 0 bridgehead atoms. The Hall–Kier alpha value is -4.65. The van der Waals surface area contributed by atoms with Crippen molar-refractivity contribution in [3.63, 3.8) is 0 Å². The number of hydrogen-bond acceptors (Lipinski definition) is 3. The van der Waals surface area contributed by atoms with Crippen LogP contribution in [-0.4, -0.2) is 26.9 Å². The van der Waals surface area contributed by atoms with Crippen LogP contribution >= 0.6 is 0 Å². The number of carbonyl (C=O) groups is 1. The zero-order chi connectivity index (χ0) is 25.9. The predicted octanol–water partition coefficient (Wildman–Crippen LogP) is 7.09. The summed E-state index contributed by atoms with van der Waals surface area (Å²) < 4.78 is 21.4. The van der Waals surface area contributed by atoms with Gasteiger partial charge in [-0.25, -0.2) is 14.2 Å². The van der Waals surface area contributed by atoms with E-state index in [1.165, 1.54) is 12.1 Å². The highest BCUT2D eigenvalue weighted by molar-refractivity contribution is 5.90. The highest BCUT2D eigenvalue weighted by Crippen LogP contribution is 2.35. The summed E-state index contributed by atoms with van der Waals surface area (Å²) in [5.74, 6) is 1.26. The first-order valence-electron chi connectivity index (χ1n) is 12.7. The van der Waals surface area contributed by atoms with Crippen LogP contribution in [0.2, 0.25) is 0 Å². The van der Waals surface area contributed by atoms with E-state index in [-0.39, 0.29) is 17.9 Å². The molecule has 0 radical (unpaired) electrons. The molecule has 190 valence electrons. The minimum atomic E-state index is -0.285. The third kappa shape index (κ3) is 4.83. The normalized spacial score (nSPS) is 15.1. The van der Waals surface area contributed by atoms with Gasteiger partial charge in [0, 0.05) is 24.0 Å². The van der Waals surface area contributed by atoms with E-state index >= 15 is 0 Å². The van der Waals surface area contributed by atoms with Crippen molar-refractivity contribution in [1.82, 2.24) is 14.3 Å². The number of carbonyl (C=O) groups excluding carboxylic acids is 1. The smallest absolute Gasteiger partial charge is 0.322 e. The summed E-state index contributed by atoms with van der Waals surface area (Å²) in [6.07, 6.45) is 3.67. The van der Waals surface area contributed by atoms with Crippen LogP contribution in [0, 0.1) is 5.82 Å². The van der Waals surface area contributed by atoms with E-state index in [2.05, 4.69) is 5.32 Å². The van der Waals surface area contributed by atoms with Gasteiger partial charge in [-0.15, -0.1) is 0 Å². The third-order valence-corrected chi connectivity index (χ3v) is 6.86. The Morgan fingerprint density at radius 2 is 1.71 bits per heavy atom. The molecule has 5 aromatic rings. The molecule has 1 unspecified atom stereocenters. The first-order valence-corrected chi connectivity index (χ1v) is 12.7. The van der Waals surface area contributed by atoms with Gasteiger partial charge in [-0.05, 0) is 79.1 Å². The van der Waals surface area contributed by atoms with Gasteiger partial charge in [-0.1, -0.05) is 36.4 Å². The van der Waals surface area contributed by atoms with Gasteiger partial charge in [0.2, 0.25) is 0 Å². The predicted molar refractivity (Wildman–Crippen MR) is 146 cm³/mol. The topological polar surface area (TPSA) is 58.9 Å². The Morgan fingerprint density at radius 3 is 2.50 bits per heavy atom. The summed E-state index contributed by atoms with van der Waals surface area (Å²) in [5.41, 5.74) is 4.34. The number of likely N-dealkylation sites (tertiary alicyclic amines) is 1. The molecule has 38 heavy (non-hydrogen) atoms. The van der Waals surface area contributed by atoms with E-state index in [9.17, 15) is 9.18 Å². The first kappa shape index (κ1) is 23.7. The van der Waals surface area contributed by atoms with Gasteiger partial charge in [0.1, 0.15) is 24.0 Å². The molecule has 1 atom stereocenters. The number of fused-ring (bicyclic) bond motifs is 1. The number of hydrogen-bond donors (Lipinski definition) is 1. The molecule has 0 spiro atoms. The van der Waals surface area contributed by atoms with Gasteiger partial charge in [0.15, 0.2) is 0 Å². The fraction of sp³-hybridized carbons (Fsp3) is 0.161. The molecule has 1 aliphatic heterocycles. The third-order valence-electron chi connectivity index (χ3n) is 6.86. The number of amides is 2. The van der Waals surface area contributed by atoms with E-state index in [4.69, 9.17) is 9.72 Å². The number of pyridine rings is 1. The minimum Gasteiger partial charge on any atom is -0.489 e. The number of urea groups is 1. The molecule has 1 aliphatic rings. The number of rotatable bonds is 6. The summed E-state index contributed by atoms with van der Waals surface area (Å²) in [6, 6.07) is 29.3. The number of nitrogens with zero attached hydrogens (tertiary/aromatic N) is 3. The van der Waals surface area contributed by atoms with E-state index in [0.717, 1.165) is 46.8 Å². The number of ether oxygens (including phenoxy) is 1. The van der Waals surface area contributed by atoms with Crippen LogP contribution in [0.15, 0.2) is 103 Å². The van der Waals surface area contributed by atoms with E-state index in [0.29, 0.717) is 18.8 Å². The number of benzene rings is 3. The second-order valence-electron chi connectivity index (χ2n) is 9.36. The van der Waals surface area contributed by atoms with Crippen molar-refractivity contribution in [3.05, 3.63) is 120 Å². The molecule has 1 fully saturated rings. The molecular weight excluding hydrogens is 479 g/mol. The van der Waals surface area contributed by atoms with E-state index in [1.54, 1.807) is 12.1 Å². The average molecular weight is 507 g/mol. The summed E-state index contributed by atoms with van der Waals surface area (Å²) in [7, 11) is 0. The van der Waals surface area contributed by atoms with Gasteiger partial charge in [-0.3, -0.25) is 0 Å². The van der Waals surface area contributed by atoms with E-state index in [1.807, 2.05) is 88.3 Å². The van der Waals surface area contributed by atoms with Gasteiger partial charge in [-0.2, -0.15) is 0 Å². The maximum absolute atomic E-state index is 13.5. The second-order valence-corrected chi connectivity index (χ2v) is 9.36. The van der Waals surface area contributed by atoms with Gasteiger partial charge < -0.3 is 19.4 Å². The van der Waals surface area contributed by atoms with Gasteiger partial charge in [0.05, 0.1) is 17.3 Å². The Labute approximate surface area is 220 Å². The number of nitrogens with one attached hydrogen (secondary N) is 1. The molecule has 0 saturated carbocycles. The van der Waals surface area contributed by atoms with Crippen molar-refractivity contribution in [2.24, 2.45) is 0 Å². The monoisotopic (exact) mass is 506 g/mol. The van der Waals surface area contributed by atoms with Crippen LogP contribution in [0.3, 0.4) is 0 Å². The molecule has 1 N–H and O–H groups in total. The number of anilines is 1. The van der Waals surface area contributed by atoms with Gasteiger partial charge in [0.25, 0.3) is 0 Å². The molecule has 6 nitrogen and oxygen atoms in total. The fourth-order valence-electron chi connectivity index (χ4n) is 4.97. The van der Waals surface area contributed by atoms with Crippen LogP contribution in [0.1, 0.15) is 30.3 Å². The Kier molecular flexibility index (Phi) is 6.48. The zero-order valence-electron chi connectivity index (χ0n) is 20.8. The summed E-state index contributed by atoms with van der Waals surface area (Å²) >= 11 is 0. The Bertz CT molecular complexity index is 1550.